The van der Waals surface area contributed by atoms with Crippen molar-refractivity contribution in [2.24, 2.45) is 0 Å². The third-order valence-corrected chi connectivity index (χ3v) is 3.48. The Balaban J connectivity index is 2.27. The summed E-state index contributed by atoms with van der Waals surface area (Å²) < 4.78 is 5.05. The predicted molar refractivity (Wildman–Crippen MR) is 80.8 cm³/mol. The zero-order valence-corrected chi connectivity index (χ0v) is 12.5. The molecule has 0 aliphatic rings. The Bertz CT molecular complexity index is 610. The van der Waals surface area contributed by atoms with Crippen molar-refractivity contribution < 1.29 is 9.53 Å². The summed E-state index contributed by atoms with van der Waals surface area (Å²) in [6.45, 7) is 3.91. The van der Waals surface area contributed by atoms with Gasteiger partial charge < -0.3 is 10.1 Å². The van der Waals surface area contributed by atoms with Crippen molar-refractivity contribution in [3.63, 3.8) is 0 Å². The van der Waals surface area contributed by atoms with Crippen LogP contribution in [0.2, 0.25) is 0 Å². The fourth-order valence-corrected chi connectivity index (χ4v) is 2.27. The van der Waals surface area contributed by atoms with E-state index < -0.39 is 0 Å². The number of benzene rings is 1. The SMILES string of the molecule is CCOC(=O)c1c(Nc2cccc(SC)c2)n[nH]c1C. The van der Waals surface area contributed by atoms with Crippen molar-refractivity contribution >= 4 is 29.2 Å². The van der Waals surface area contributed by atoms with E-state index >= 15 is 0 Å². The highest BCUT2D eigenvalue weighted by Crippen LogP contribution is 2.24. The summed E-state index contributed by atoms with van der Waals surface area (Å²) in [4.78, 5) is 13.1. The van der Waals surface area contributed by atoms with Crippen molar-refractivity contribution in [2.75, 3.05) is 18.2 Å². The lowest BCUT2D eigenvalue weighted by Crippen LogP contribution is -2.08. The molecule has 1 aromatic carbocycles. The number of ether oxygens (including phenoxy) is 1. The number of aromatic amines is 1. The minimum Gasteiger partial charge on any atom is -0.462 e. The largest absolute Gasteiger partial charge is 0.462 e. The van der Waals surface area contributed by atoms with Crippen LogP contribution in [0.25, 0.3) is 0 Å². The van der Waals surface area contributed by atoms with Crippen LogP contribution < -0.4 is 5.32 Å². The number of anilines is 2. The van der Waals surface area contributed by atoms with Gasteiger partial charge in [-0.2, -0.15) is 5.10 Å². The second kappa shape index (κ2) is 6.47. The monoisotopic (exact) mass is 291 g/mol. The Morgan fingerprint density at radius 3 is 3.00 bits per heavy atom. The Morgan fingerprint density at radius 1 is 1.50 bits per heavy atom. The zero-order chi connectivity index (χ0) is 14.5. The van der Waals surface area contributed by atoms with E-state index in [0.717, 1.165) is 10.6 Å². The van der Waals surface area contributed by atoms with Crippen LogP contribution in [0.1, 0.15) is 23.0 Å². The van der Waals surface area contributed by atoms with Crippen molar-refractivity contribution in [3.05, 3.63) is 35.5 Å². The van der Waals surface area contributed by atoms with Crippen LogP contribution >= 0.6 is 11.8 Å². The summed E-state index contributed by atoms with van der Waals surface area (Å²) in [6.07, 6.45) is 2.02. The quantitative estimate of drug-likeness (QED) is 0.653. The smallest absolute Gasteiger partial charge is 0.343 e. The first-order chi connectivity index (χ1) is 9.65. The van der Waals surface area contributed by atoms with Crippen LogP contribution in [0.3, 0.4) is 0 Å². The molecule has 2 N–H and O–H groups in total. The van der Waals surface area contributed by atoms with Crippen LogP contribution in [-0.4, -0.2) is 29.0 Å². The highest BCUT2D eigenvalue weighted by molar-refractivity contribution is 7.98. The maximum atomic E-state index is 11.9. The molecule has 0 saturated heterocycles. The molecule has 0 amide bonds. The van der Waals surface area contributed by atoms with Gasteiger partial charge in [-0.05, 0) is 38.3 Å². The number of rotatable bonds is 5. The van der Waals surface area contributed by atoms with Gasteiger partial charge in [0.25, 0.3) is 0 Å². The molecule has 6 heteroatoms. The number of aryl methyl sites for hydroxylation is 1. The number of nitrogens with one attached hydrogen (secondary N) is 2. The first-order valence-corrected chi connectivity index (χ1v) is 7.51. The molecular formula is C14H17N3O2S. The predicted octanol–water partition coefficient (Wildman–Crippen LogP) is 3.36. The molecule has 0 saturated carbocycles. The van der Waals surface area contributed by atoms with Crippen molar-refractivity contribution in [2.45, 2.75) is 18.7 Å². The average Bonchev–Trinajstić information content (AvgIpc) is 2.80. The van der Waals surface area contributed by atoms with Crippen LogP contribution in [0.15, 0.2) is 29.2 Å². The molecule has 0 aliphatic heterocycles. The minimum atomic E-state index is -0.373. The van der Waals surface area contributed by atoms with Crippen LogP contribution in [-0.2, 0) is 4.74 Å². The number of hydrogen-bond acceptors (Lipinski definition) is 5. The fraction of sp³-hybridized carbons (Fsp3) is 0.286. The summed E-state index contributed by atoms with van der Waals surface area (Å²) >= 11 is 1.66. The summed E-state index contributed by atoms with van der Waals surface area (Å²) in [5, 5.41) is 10.1. The molecule has 106 valence electrons. The van der Waals surface area contributed by atoms with Crippen molar-refractivity contribution in [1.82, 2.24) is 10.2 Å². The van der Waals surface area contributed by atoms with Gasteiger partial charge in [0.05, 0.1) is 6.61 Å². The Hall–Kier alpha value is -1.95. The first kappa shape index (κ1) is 14.5. The Labute approximate surface area is 122 Å². The number of thioether (sulfide) groups is 1. The van der Waals surface area contributed by atoms with E-state index in [9.17, 15) is 4.79 Å². The third kappa shape index (κ3) is 3.14. The standard InChI is InChI=1S/C14H17N3O2S/c1-4-19-14(18)12-9(2)16-17-13(12)15-10-6-5-7-11(8-10)20-3/h5-8H,4H2,1-3H3,(H2,15,16,17). The number of esters is 1. The second-order valence-corrected chi connectivity index (χ2v) is 5.03. The maximum absolute atomic E-state index is 11.9. The van der Waals surface area contributed by atoms with Gasteiger partial charge in [-0.1, -0.05) is 6.07 Å². The molecule has 0 bridgehead atoms. The lowest BCUT2D eigenvalue weighted by atomic mass is 10.2. The molecule has 0 fully saturated rings. The van der Waals surface area contributed by atoms with E-state index in [1.807, 2.05) is 30.5 Å². The molecule has 2 aromatic rings. The molecule has 0 atom stereocenters. The lowest BCUT2D eigenvalue weighted by molar-refractivity contribution is 0.0527. The molecule has 1 aromatic heterocycles. The lowest BCUT2D eigenvalue weighted by Gasteiger charge is -2.07. The molecule has 20 heavy (non-hydrogen) atoms. The molecule has 5 nitrogen and oxygen atoms in total. The molecule has 1 heterocycles. The minimum absolute atomic E-state index is 0.338. The molecule has 0 unspecified atom stereocenters. The van der Waals surface area contributed by atoms with Gasteiger partial charge in [0.2, 0.25) is 0 Å². The van der Waals surface area contributed by atoms with E-state index in [1.54, 1.807) is 25.6 Å². The summed E-state index contributed by atoms with van der Waals surface area (Å²) in [5.41, 5.74) is 2.02. The number of H-pyrrole nitrogens is 1. The van der Waals surface area contributed by atoms with Gasteiger partial charge in [-0.25, -0.2) is 4.79 Å². The van der Waals surface area contributed by atoms with Gasteiger partial charge in [-0.15, -0.1) is 11.8 Å². The molecular weight excluding hydrogens is 274 g/mol. The van der Waals surface area contributed by atoms with E-state index in [1.165, 1.54) is 0 Å². The summed E-state index contributed by atoms with van der Waals surface area (Å²) in [7, 11) is 0. The van der Waals surface area contributed by atoms with E-state index in [4.69, 9.17) is 4.74 Å². The normalized spacial score (nSPS) is 10.3. The fourth-order valence-electron chi connectivity index (χ4n) is 1.81. The third-order valence-electron chi connectivity index (χ3n) is 2.76. The van der Waals surface area contributed by atoms with Gasteiger partial charge >= 0.3 is 5.97 Å². The molecule has 0 aliphatic carbocycles. The van der Waals surface area contributed by atoms with Gasteiger partial charge in [-0.3, -0.25) is 5.10 Å². The van der Waals surface area contributed by atoms with E-state index in [-0.39, 0.29) is 5.97 Å². The van der Waals surface area contributed by atoms with E-state index in [0.29, 0.717) is 23.7 Å². The number of nitrogens with zero attached hydrogens (tertiary/aromatic N) is 1. The van der Waals surface area contributed by atoms with E-state index in [2.05, 4.69) is 15.5 Å². The van der Waals surface area contributed by atoms with Crippen LogP contribution in [0.4, 0.5) is 11.5 Å². The Kier molecular flexibility index (Phi) is 4.68. The summed E-state index contributed by atoms with van der Waals surface area (Å²) in [5.74, 6) is 0.112. The topological polar surface area (TPSA) is 67.0 Å². The second-order valence-electron chi connectivity index (χ2n) is 4.15. The summed E-state index contributed by atoms with van der Waals surface area (Å²) in [6, 6.07) is 7.91. The number of carbonyl (C=O) groups is 1. The highest BCUT2D eigenvalue weighted by Gasteiger charge is 2.19. The molecule has 2 rings (SSSR count). The van der Waals surface area contributed by atoms with Gasteiger partial charge in [0, 0.05) is 16.3 Å². The average molecular weight is 291 g/mol. The number of carbonyl (C=O) groups excluding carboxylic acids is 1. The Morgan fingerprint density at radius 2 is 2.30 bits per heavy atom. The van der Waals surface area contributed by atoms with Crippen molar-refractivity contribution in [1.29, 1.82) is 0 Å². The molecule has 0 spiro atoms. The maximum Gasteiger partial charge on any atom is 0.343 e. The van der Waals surface area contributed by atoms with Gasteiger partial charge in [0.1, 0.15) is 5.56 Å². The first-order valence-electron chi connectivity index (χ1n) is 6.28. The van der Waals surface area contributed by atoms with Crippen LogP contribution in [0.5, 0.6) is 0 Å². The highest BCUT2D eigenvalue weighted by atomic mass is 32.2. The number of hydrogen-bond donors (Lipinski definition) is 2. The van der Waals surface area contributed by atoms with Gasteiger partial charge in [0.15, 0.2) is 5.82 Å². The van der Waals surface area contributed by atoms with Crippen LogP contribution in [0, 0.1) is 6.92 Å². The van der Waals surface area contributed by atoms with Crippen molar-refractivity contribution in [3.8, 4) is 0 Å². The number of aromatic nitrogens is 2. The zero-order valence-electron chi connectivity index (χ0n) is 11.7. The molecule has 0 radical (unpaired) electrons.